The first kappa shape index (κ1) is 18.1. The van der Waals surface area contributed by atoms with Gasteiger partial charge < -0.3 is 19.5 Å². The van der Waals surface area contributed by atoms with Crippen LogP contribution in [-0.2, 0) is 4.74 Å². The molecule has 136 valence electrons. The summed E-state index contributed by atoms with van der Waals surface area (Å²) in [5.41, 5.74) is 0. The predicted octanol–water partition coefficient (Wildman–Crippen LogP) is 1.84. The van der Waals surface area contributed by atoms with Crippen LogP contribution in [0.25, 0.3) is 10.8 Å². The van der Waals surface area contributed by atoms with E-state index in [-0.39, 0.29) is 0 Å². The van der Waals surface area contributed by atoms with Crippen LogP contribution in [0.15, 0.2) is 42.5 Å². The largest absolute Gasteiger partial charge is 0.490 e. The van der Waals surface area contributed by atoms with Crippen LogP contribution in [0.4, 0.5) is 0 Å². The highest BCUT2D eigenvalue weighted by molar-refractivity contribution is 5.88. The molecule has 1 saturated heterocycles. The molecule has 1 fully saturated rings. The van der Waals surface area contributed by atoms with Gasteiger partial charge in [0.1, 0.15) is 18.5 Å². The molecule has 1 heterocycles. The fourth-order valence-corrected chi connectivity index (χ4v) is 3.15. The van der Waals surface area contributed by atoms with E-state index in [4.69, 9.17) is 9.47 Å². The second-order valence-electron chi connectivity index (χ2n) is 6.66. The van der Waals surface area contributed by atoms with Gasteiger partial charge in [-0.3, -0.25) is 4.90 Å². The maximum atomic E-state index is 10.3. The second kappa shape index (κ2) is 9.15. The van der Waals surface area contributed by atoms with E-state index in [9.17, 15) is 5.11 Å². The first-order valence-corrected chi connectivity index (χ1v) is 8.99. The van der Waals surface area contributed by atoms with Crippen LogP contribution in [0.2, 0.25) is 0 Å². The summed E-state index contributed by atoms with van der Waals surface area (Å²) < 4.78 is 11.2. The fourth-order valence-electron chi connectivity index (χ4n) is 3.15. The number of nitrogens with zero attached hydrogens (tertiary/aromatic N) is 2. The third-order valence-corrected chi connectivity index (χ3v) is 4.60. The molecule has 5 heteroatoms. The molecular weight excluding hydrogens is 316 g/mol. The number of ether oxygens (including phenoxy) is 2. The van der Waals surface area contributed by atoms with E-state index in [2.05, 4.69) is 21.9 Å². The Balaban J connectivity index is 1.43. The van der Waals surface area contributed by atoms with Gasteiger partial charge in [0.15, 0.2) is 0 Å². The molecule has 0 radical (unpaired) electrons. The maximum Gasteiger partial charge on any atom is 0.127 e. The number of likely N-dealkylation sites (N-methyl/N-ethyl adjacent to an activating group) is 1. The third-order valence-electron chi connectivity index (χ3n) is 4.60. The van der Waals surface area contributed by atoms with Crippen molar-refractivity contribution in [3.05, 3.63) is 42.5 Å². The topological polar surface area (TPSA) is 45.2 Å². The Kier molecular flexibility index (Phi) is 6.64. The lowest BCUT2D eigenvalue weighted by Gasteiger charge is -2.29. The first-order valence-electron chi connectivity index (χ1n) is 8.99. The minimum Gasteiger partial charge on any atom is -0.490 e. The molecule has 5 nitrogen and oxygen atoms in total. The quantitative estimate of drug-likeness (QED) is 0.792. The van der Waals surface area contributed by atoms with Gasteiger partial charge in [-0.15, -0.1) is 0 Å². The van der Waals surface area contributed by atoms with Crippen molar-refractivity contribution in [1.82, 2.24) is 9.80 Å². The Morgan fingerprint density at radius 1 is 1.16 bits per heavy atom. The molecule has 3 rings (SSSR count). The van der Waals surface area contributed by atoms with Crippen molar-refractivity contribution in [3.8, 4) is 5.75 Å². The molecular formula is C20H28N2O3. The number of fused-ring (bicyclic) bond motifs is 1. The highest BCUT2D eigenvalue weighted by Crippen LogP contribution is 2.25. The van der Waals surface area contributed by atoms with Crippen LogP contribution >= 0.6 is 0 Å². The van der Waals surface area contributed by atoms with Gasteiger partial charge >= 0.3 is 0 Å². The van der Waals surface area contributed by atoms with Crippen LogP contribution in [0, 0.1) is 0 Å². The van der Waals surface area contributed by atoms with Gasteiger partial charge in [-0.1, -0.05) is 36.4 Å². The Bertz CT molecular complexity index is 653. The first-order chi connectivity index (χ1) is 12.2. The van der Waals surface area contributed by atoms with Gasteiger partial charge in [-0.25, -0.2) is 0 Å². The molecule has 1 aliphatic rings. The SMILES string of the molecule is CN(CCN1CCOCC1)CC(O)COc1cccc2ccccc12. The van der Waals surface area contributed by atoms with Crippen molar-refractivity contribution in [2.75, 3.05) is 59.6 Å². The normalized spacial score (nSPS) is 17.1. The highest BCUT2D eigenvalue weighted by Gasteiger charge is 2.13. The van der Waals surface area contributed by atoms with Gasteiger partial charge in [0.05, 0.1) is 13.2 Å². The Hall–Kier alpha value is -1.66. The lowest BCUT2D eigenvalue weighted by molar-refractivity contribution is 0.0297. The van der Waals surface area contributed by atoms with Crippen LogP contribution in [0.5, 0.6) is 5.75 Å². The maximum absolute atomic E-state index is 10.3. The zero-order valence-corrected chi connectivity index (χ0v) is 14.9. The smallest absolute Gasteiger partial charge is 0.127 e. The Morgan fingerprint density at radius 3 is 2.76 bits per heavy atom. The molecule has 0 aromatic heterocycles. The molecule has 25 heavy (non-hydrogen) atoms. The van der Waals surface area contributed by atoms with Gasteiger partial charge in [0, 0.05) is 38.1 Å². The molecule has 0 bridgehead atoms. The van der Waals surface area contributed by atoms with Crippen molar-refractivity contribution in [2.45, 2.75) is 6.10 Å². The summed E-state index contributed by atoms with van der Waals surface area (Å²) in [6.07, 6.45) is -0.506. The number of rotatable bonds is 8. The van der Waals surface area contributed by atoms with Crippen LogP contribution < -0.4 is 4.74 Å². The summed E-state index contributed by atoms with van der Waals surface area (Å²) in [6.45, 7) is 6.50. The van der Waals surface area contributed by atoms with Crippen molar-refractivity contribution >= 4 is 10.8 Å². The van der Waals surface area contributed by atoms with Crippen molar-refractivity contribution in [2.24, 2.45) is 0 Å². The summed E-state index contributed by atoms with van der Waals surface area (Å²) in [5, 5.41) is 12.5. The van der Waals surface area contributed by atoms with Gasteiger partial charge in [-0.05, 0) is 18.5 Å². The molecule has 0 aliphatic carbocycles. The van der Waals surface area contributed by atoms with Crippen LogP contribution in [-0.4, -0.2) is 80.6 Å². The lowest BCUT2D eigenvalue weighted by Crippen LogP contribution is -2.42. The Morgan fingerprint density at radius 2 is 1.92 bits per heavy atom. The summed E-state index contributed by atoms with van der Waals surface area (Å²) >= 11 is 0. The number of hydrogen-bond donors (Lipinski definition) is 1. The van der Waals surface area contributed by atoms with E-state index >= 15 is 0 Å². The fraction of sp³-hybridized carbons (Fsp3) is 0.500. The van der Waals surface area contributed by atoms with Gasteiger partial charge in [-0.2, -0.15) is 0 Å². The second-order valence-corrected chi connectivity index (χ2v) is 6.66. The molecule has 1 N–H and O–H groups in total. The van der Waals surface area contributed by atoms with E-state index in [1.807, 2.05) is 37.4 Å². The highest BCUT2D eigenvalue weighted by atomic mass is 16.5. The van der Waals surface area contributed by atoms with Crippen LogP contribution in [0.3, 0.4) is 0 Å². The molecule has 1 aliphatic heterocycles. The summed E-state index contributed by atoms with van der Waals surface area (Å²) in [5.74, 6) is 0.827. The summed E-state index contributed by atoms with van der Waals surface area (Å²) in [7, 11) is 2.04. The summed E-state index contributed by atoms with van der Waals surface area (Å²) in [4.78, 5) is 4.56. The molecule has 0 amide bonds. The van der Waals surface area contributed by atoms with E-state index in [1.165, 1.54) is 0 Å². The predicted molar refractivity (Wildman–Crippen MR) is 100 cm³/mol. The van der Waals surface area contributed by atoms with Gasteiger partial charge in [0.25, 0.3) is 0 Å². The van der Waals surface area contributed by atoms with E-state index in [1.54, 1.807) is 0 Å². The van der Waals surface area contributed by atoms with Crippen molar-refractivity contribution < 1.29 is 14.6 Å². The summed E-state index contributed by atoms with van der Waals surface area (Å²) in [6, 6.07) is 14.1. The van der Waals surface area contributed by atoms with Crippen molar-refractivity contribution in [1.29, 1.82) is 0 Å². The standard InChI is InChI=1S/C20H28N2O3/c1-21(9-10-22-11-13-24-14-12-22)15-18(23)16-25-20-8-4-6-17-5-2-3-7-19(17)20/h2-8,18,23H,9-16H2,1H3. The number of hydrogen-bond acceptors (Lipinski definition) is 5. The molecule has 0 spiro atoms. The third kappa shape index (κ3) is 5.41. The number of benzene rings is 2. The van der Waals surface area contributed by atoms with E-state index in [0.717, 1.165) is 55.9 Å². The number of aliphatic hydroxyl groups excluding tert-OH is 1. The van der Waals surface area contributed by atoms with E-state index < -0.39 is 6.10 Å². The average molecular weight is 344 g/mol. The zero-order chi connectivity index (χ0) is 17.5. The zero-order valence-electron chi connectivity index (χ0n) is 14.9. The Labute approximate surface area is 149 Å². The molecule has 2 aromatic carbocycles. The average Bonchev–Trinajstić information content (AvgIpc) is 2.65. The number of aliphatic hydroxyl groups is 1. The van der Waals surface area contributed by atoms with Crippen molar-refractivity contribution in [3.63, 3.8) is 0 Å². The van der Waals surface area contributed by atoms with Gasteiger partial charge in [0.2, 0.25) is 0 Å². The monoisotopic (exact) mass is 344 g/mol. The molecule has 0 saturated carbocycles. The molecule has 1 atom stereocenters. The lowest BCUT2D eigenvalue weighted by atomic mass is 10.1. The number of morpholine rings is 1. The molecule has 1 unspecified atom stereocenters. The minimum atomic E-state index is -0.506. The minimum absolute atomic E-state index is 0.301. The van der Waals surface area contributed by atoms with E-state index in [0.29, 0.717) is 13.2 Å². The van der Waals surface area contributed by atoms with Crippen LogP contribution in [0.1, 0.15) is 0 Å². The molecule has 2 aromatic rings.